The van der Waals surface area contributed by atoms with Crippen molar-refractivity contribution in [3.63, 3.8) is 0 Å². The van der Waals surface area contributed by atoms with Crippen LogP contribution < -0.4 is 5.32 Å². The van der Waals surface area contributed by atoms with Gasteiger partial charge in [-0.3, -0.25) is 9.69 Å². The number of ether oxygens (including phenoxy) is 2. The standard InChI is InChI=1S/C14H26N2O3/c1-10(16-8-11(2)19-12(3)9-16)7-15-14(17)13-5-4-6-18-13/h10-13H,4-9H2,1-3H3,(H,15,17)/t10-,11-,12+,13+/m1/s1. The topological polar surface area (TPSA) is 50.8 Å². The number of nitrogens with one attached hydrogen (secondary N) is 1. The third-order valence-corrected chi connectivity index (χ3v) is 3.87. The molecule has 1 N–H and O–H groups in total. The summed E-state index contributed by atoms with van der Waals surface area (Å²) in [5, 5.41) is 3.00. The lowest BCUT2D eigenvalue weighted by atomic mass is 10.1. The molecule has 0 aromatic heterocycles. The molecule has 0 bridgehead atoms. The number of amides is 1. The molecule has 0 aromatic rings. The molecular formula is C14H26N2O3. The molecule has 0 spiro atoms. The van der Waals surface area contributed by atoms with Gasteiger partial charge < -0.3 is 14.8 Å². The first-order chi connectivity index (χ1) is 9.06. The molecule has 2 fully saturated rings. The molecule has 0 unspecified atom stereocenters. The summed E-state index contributed by atoms with van der Waals surface area (Å²) >= 11 is 0. The fraction of sp³-hybridized carbons (Fsp3) is 0.929. The Morgan fingerprint density at radius 1 is 1.37 bits per heavy atom. The van der Waals surface area contributed by atoms with E-state index < -0.39 is 0 Å². The highest BCUT2D eigenvalue weighted by Gasteiger charge is 2.27. The highest BCUT2D eigenvalue weighted by molar-refractivity contribution is 5.80. The summed E-state index contributed by atoms with van der Waals surface area (Å²) in [6.45, 7) is 9.61. The van der Waals surface area contributed by atoms with Crippen LogP contribution in [-0.2, 0) is 14.3 Å². The Morgan fingerprint density at radius 2 is 2.05 bits per heavy atom. The van der Waals surface area contributed by atoms with E-state index in [0.717, 1.165) is 25.9 Å². The van der Waals surface area contributed by atoms with Crippen molar-refractivity contribution in [1.82, 2.24) is 10.2 Å². The van der Waals surface area contributed by atoms with E-state index in [1.54, 1.807) is 0 Å². The van der Waals surface area contributed by atoms with Gasteiger partial charge in [0, 0.05) is 32.3 Å². The predicted octanol–water partition coefficient (Wildman–Crippen LogP) is 0.779. The number of carbonyl (C=O) groups excluding carboxylic acids is 1. The number of nitrogens with zero attached hydrogens (tertiary/aromatic N) is 1. The second-order valence-corrected chi connectivity index (χ2v) is 5.81. The molecule has 2 rings (SSSR count). The zero-order valence-electron chi connectivity index (χ0n) is 12.2. The summed E-state index contributed by atoms with van der Waals surface area (Å²) in [7, 11) is 0. The van der Waals surface area contributed by atoms with Crippen LogP contribution in [-0.4, -0.2) is 61.4 Å². The van der Waals surface area contributed by atoms with Crippen molar-refractivity contribution in [2.75, 3.05) is 26.2 Å². The van der Waals surface area contributed by atoms with Crippen molar-refractivity contribution < 1.29 is 14.3 Å². The smallest absolute Gasteiger partial charge is 0.249 e. The Balaban J connectivity index is 1.74. The quantitative estimate of drug-likeness (QED) is 0.820. The third kappa shape index (κ3) is 4.16. The number of rotatable bonds is 4. The van der Waals surface area contributed by atoms with E-state index in [4.69, 9.17) is 9.47 Å². The van der Waals surface area contributed by atoms with E-state index in [1.807, 2.05) is 0 Å². The Morgan fingerprint density at radius 3 is 2.63 bits per heavy atom. The van der Waals surface area contributed by atoms with Crippen molar-refractivity contribution in [2.24, 2.45) is 0 Å². The summed E-state index contributed by atoms with van der Waals surface area (Å²) in [6.07, 6.45) is 2.15. The van der Waals surface area contributed by atoms with Gasteiger partial charge in [-0.25, -0.2) is 0 Å². The summed E-state index contributed by atoms with van der Waals surface area (Å²) in [4.78, 5) is 14.3. The van der Waals surface area contributed by atoms with Gasteiger partial charge in [0.2, 0.25) is 5.91 Å². The van der Waals surface area contributed by atoms with Gasteiger partial charge in [0.1, 0.15) is 6.10 Å². The van der Waals surface area contributed by atoms with Crippen molar-refractivity contribution >= 4 is 5.91 Å². The first kappa shape index (κ1) is 14.8. The molecule has 2 heterocycles. The maximum absolute atomic E-state index is 11.9. The molecule has 0 radical (unpaired) electrons. The van der Waals surface area contributed by atoms with Gasteiger partial charge in [0.05, 0.1) is 12.2 Å². The number of hydrogen-bond donors (Lipinski definition) is 1. The highest BCUT2D eigenvalue weighted by atomic mass is 16.5. The minimum atomic E-state index is -0.227. The van der Waals surface area contributed by atoms with Crippen molar-refractivity contribution in [3.05, 3.63) is 0 Å². The van der Waals surface area contributed by atoms with Gasteiger partial charge in [0.25, 0.3) is 0 Å². The van der Waals surface area contributed by atoms with Gasteiger partial charge in [-0.05, 0) is 33.6 Å². The van der Waals surface area contributed by atoms with Crippen LogP contribution in [0.3, 0.4) is 0 Å². The van der Waals surface area contributed by atoms with E-state index >= 15 is 0 Å². The van der Waals surface area contributed by atoms with Gasteiger partial charge in [-0.1, -0.05) is 0 Å². The van der Waals surface area contributed by atoms with Gasteiger partial charge in [-0.15, -0.1) is 0 Å². The Kier molecular flexibility index (Phi) is 5.19. The van der Waals surface area contributed by atoms with Gasteiger partial charge in [0.15, 0.2) is 0 Å². The second kappa shape index (κ2) is 6.68. The average molecular weight is 270 g/mol. The molecule has 4 atom stereocenters. The Hall–Kier alpha value is -0.650. The summed E-state index contributed by atoms with van der Waals surface area (Å²) in [5.74, 6) is 0.0405. The fourth-order valence-corrected chi connectivity index (χ4v) is 2.85. The largest absolute Gasteiger partial charge is 0.373 e. The van der Waals surface area contributed by atoms with Gasteiger partial charge >= 0.3 is 0 Å². The molecule has 0 aliphatic carbocycles. The molecule has 1 amide bonds. The van der Waals surface area contributed by atoms with Crippen LogP contribution in [0.25, 0.3) is 0 Å². The monoisotopic (exact) mass is 270 g/mol. The maximum atomic E-state index is 11.9. The maximum Gasteiger partial charge on any atom is 0.249 e. The normalized spacial score (nSPS) is 34.2. The molecule has 0 aromatic carbocycles. The zero-order valence-corrected chi connectivity index (χ0v) is 12.2. The summed E-state index contributed by atoms with van der Waals surface area (Å²) < 4.78 is 11.1. The molecule has 19 heavy (non-hydrogen) atoms. The highest BCUT2D eigenvalue weighted by Crippen LogP contribution is 2.14. The van der Waals surface area contributed by atoms with Gasteiger partial charge in [-0.2, -0.15) is 0 Å². The first-order valence-corrected chi connectivity index (χ1v) is 7.35. The van der Waals surface area contributed by atoms with Crippen molar-refractivity contribution in [2.45, 2.75) is 58.0 Å². The number of morpholine rings is 1. The van der Waals surface area contributed by atoms with E-state index in [9.17, 15) is 4.79 Å². The summed E-state index contributed by atoms with van der Waals surface area (Å²) in [6, 6.07) is 0.333. The zero-order chi connectivity index (χ0) is 13.8. The minimum absolute atomic E-state index is 0.0405. The predicted molar refractivity (Wildman–Crippen MR) is 73.0 cm³/mol. The summed E-state index contributed by atoms with van der Waals surface area (Å²) in [5.41, 5.74) is 0. The Bertz CT molecular complexity index is 295. The molecule has 0 saturated carbocycles. The lowest BCUT2D eigenvalue weighted by Crippen LogP contribution is -2.52. The minimum Gasteiger partial charge on any atom is -0.373 e. The van der Waals surface area contributed by atoms with Crippen molar-refractivity contribution in [1.29, 1.82) is 0 Å². The molecular weight excluding hydrogens is 244 g/mol. The van der Waals surface area contributed by atoms with E-state index in [0.29, 0.717) is 19.2 Å². The lowest BCUT2D eigenvalue weighted by molar-refractivity contribution is -0.130. The SMILES string of the molecule is C[C@@H]1CN([C@H](C)CNC(=O)[C@@H]2CCCO2)C[C@H](C)O1. The van der Waals surface area contributed by atoms with Crippen LogP contribution in [0.1, 0.15) is 33.6 Å². The molecule has 5 nitrogen and oxygen atoms in total. The Labute approximate surface area is 115 Å². The molecule has 5 heteroatoms. The molecule has 110 valence electrons. The molecule has 2 aliphatic heterocycles. The van der Waals surface area contributed by atoms with Crippen LogP contribution in [0.5, 0.6) is 0 Å². The van der Waals surface area contributed by atoms with Crippen LogP contribution in [0.15, 0.2) is 0 Å². The lowest BCUT2D eigenvalue weighted by Gasteiger charge is -2.39. The average Bonchev–Trinajstić information content (AvgIpc) is 2.88. The van der Waals surface area contributed by atoms with E-state index in [-0.39, 0.29) is 24.2 Å². The third-order valence-electron chi connectivity index (χ3n) is 3.87. The van der Waals surface area contributed by atoms with Crippen LogP contribution in [0, 0.1) is 0 Å². The van der Waals surface area contributed by atoms with E-state index in [1.165, 1.54) is 0 Å². The first-order valence-electron chi connectivity index (χ1n) is 7.35. The molecule has 2 aliphatic rings. The number of hydrogen-bond acceptors (Lipinski definition) is 4. The van der Waals surface area contributed by atoms with Crippen LogP contribution >= 0.6 is 0 Å². The molecule has 2 saturated heterocycles. The van der Waals surface area contributed by atoms with Crippen LogP contribution in [0.2, 0.25) is 0 Å². The second-order valence-electron chi connectivity index (χ2n) is 5.81. The number of carbonyl (C=O) groups is 1. The van der Waals surface area contributed by atoms with E-state index in [2.05, 4.69) is 31.0 Å². The van der Waals surface area contributed by atoms with Crippen LogP contribution in [0.4, 0.5) is 0 Å². The fourth-order valence-electron chi connectivity index (χ4n) is 2.85. The van der Waals surface area contributed by atoms with Crippen molar-refractivity contribution in [3.8, 4) is 0 Å².